The maximum atomic E-state index is 11.9. The Labute approximate surface area is 125 Å². The fraction of sp³-hybridized carbons (Fsp3) is 0.500. The SMILES string of the molecule is CCN(CC)c1ccc2c(C3CCCC3)cc(=O)oc2c1. The summed E-state index contributed by atoms with van der Waals surface area (Å²) < 4.78 is 5.46. The van der Waals surface area contributed by atoms with Gasteiger partial charge in [0.1, 0.15) is 5.58 Å². The van der Waals surface area contributed by atoms with Crippen LogP contribution in [0.5, 0.6) is 0 Å². The van der Waals surface area contributed by atoms with Gasteiger partial charge >= 0.3 is 5.63 Å². The number of hydrogen-bond acceptors (Lipinski definition) is 3. The van der Waals surface area contributed by atoms with Gasteiger partial charge in [-0.05, 0) is 50.3 Å². The lowest BCUT2D eigenvalue weighted by Gasteiger charge is -2.21. The zero-order valence-electron chi connectivity index (χ0n) is 12.9. The highest BCUT2D eigenvalue weighted by Gasteiger charge is 2.20. The van der Waals surface area contributed by atoms with E-state index < -0.39 is 0 Å². The molecule has 112 valence electrons. The molecule has 0 saturated heterocycles. The lowest BCUT2D eigenvalue weighted by Crippen LogP contribution is -2.21. The van der Waals surface area contributed by atoms with Crippen molar-refractivity contribution in [3.05, 3.63) is 40.2 Å². The van der Waals surface area contributed by atoms with E-state index >= 15 is 0 Å². The first-order chi connectivity index (χ1) is 10.2. The monoisotopic (exact) mass is 285 g/mol. The number of anilines is 1. The summed E-state index contributed by atoms with van der Waals surface area (Å²) >= 11 is 0. The van der Waals surface area contributed by atoms with Crippen molar-refractivity contribution in [2.24, 2.45) is 0 Å². The van der Waals surface area contributed by atoms with Gasteiger partial charge in [0.15, 0.2) is 0 Å². The van der Waals surface area contributed by atoms with Gasteiger partial charge in [0.25, 0.3) is 0 Å². The minimum Gasteiger partial charge on any atom is -0.423 e. The first kappa shape index (κ1) is 14.2. The molecule has 3 heteroatoms. The molecule has 1 heterocycles. The van der Waals surface area contributed by atoms with Crippen molar-refractivity contribution < 1.29 is 4.42 Å². The van der Waals surface area contributed by atoms with E-state index in [0.717, 1.165) is 29.7 Å². The van der Waals surface area contributed by atoms with Gasteiger partial charge in [-0.3, -0.25) is 0 Å². The minimum absolute atomic E-state index is 0.221. The van der Waals surface area contributed by atoms with Crippen molar-refractivity contribution in [3.63, 3.8) is 0 Å². The second-order valence-electron chi connectivity index (χ2n) is 5.85. The van der Waals surface area contributed by atoms with E-state index in [1.54, 1.807) is 6.07 Å². The summed E-state index contributed by atoms with van der Waals surface area (Å²) in [5, 5.41) is 1.11. The van der Waals surface area contributed by atoms with Crippen LogP contribution in [0.15, 0.2) is 33.5 Å². The molecule has 2 aromatic rings. The van der Waals surface area contributed by atoms with Crippen molar-refractivity contribution in [2.45, 2.75) is 45.4 Å². The van der Waals surface area contributed by atoms with Gasteiger partial charge in [-0.15, -0.1) is 0 Å². The molecule has 0 radical (unpaired) electrons. The Morgan fingerprint density at radius 1 is 1.14 bits per heavy atom. The van der Waals surface area contributed by atoms with Crippen LogP contribution >= 0.6 is 0 Å². The average Bonchev–Trinajstić information content (AvgIpc) is 3.01. The molecular weight excluding hydrogens is 262 g/mol. The highest BCUT2D eigenvalue weighted by atomic mass is 16.4. The summed E-state index contributed by atoms with van der Waals surface area (Å²) in [6.45, 7) is 6.18. The predicted octanol–water partition coefficient (Wildman–Crippen LogP) is 4.30. The van der Waals surface area contributed by atoms with Crippen LogP contribution in [0.3, 0.4) is 0 Å². The largest absolute Gasteiger partial charge is 0.423 e. The van der Waals surface area contributed by atoms with Crippen LogP contribution in [0.4, 0.5) is 5.69 Å². The third kappa shape index (κ3) is 2.69. The molecule has 0 amide bonds. The molecular formula is C18H23NO2. The van der Waals surface area contributed by atoms with Gasteiger partial charge in [0.05, 0.1) is 0 Å². The highest BCUT2D eigenvalue weighted by molar-refractivity contribution is 5.84. The van der Waals surface area contributed by atoms with Crippen molar-refractivity contribution in [1.82, 2.24) is 0 Å². The summed E-state index contributed by atoms with van der Waals surface area (Å²) in [7, 11) is 0. The molecule has 0 spiro atoms. The van der Waals surface area contributed by atoms with Crippen LogP contribution in [0.25, 0.3) is 11.0 Å². The van der Waals surface area contributed by atoms with Gasteiger partial charge in [-0.1, -0.05) is 12.8 Å². The van der Waals surface area contributed by atoms with E-state index in [0.29, 0.717) is 5.92 Å². The molecule has 0 unspecified atom stereocenters. The maximum Gasteiger partial charge on any atom is 0.336 e. The lowest BCUT2D eigenvalue weighted by atomic mass is 9.95. The number of rotatable bonds is 4. The number of benzene rings is 1. The predicted molar refractivity (Wildman–Crippen MR) is 87.3 cm³/mol. The van der Waals surface area contributed by atoms with Gasteiger partial charge in [-0.2, -0.15) is 0 Å². The molecule has 0 bridgehead atoms. The molecule has 1 fully saturated rings. The van der Waals surface area contributed by atoms with E-state index in [9.17, 15) is 4.79 Å². The molecule has 21 heavy (non-hydrogen) atoms. The van der Waals surface area contributed by atoms with Crippen molar-refractivity contribution in [2.75, 3.05) is 18.0 Å². The molecule has 1 aliphatic carbocycles. The first-order valence-electron chi connectivity index (χ1n) is 8.05. The Kier molecular flexibility index (Phi) is 4.00. The highest BCUT2D eigenvalue weighted by Crippen LogP contribution is 2.37. The van der Waals surface area contributed by atoms with E-state index in [-0.39, 0.29) is 5.63 Å². The molecule has 0 aliphatic heterocycles. The van der Waals surface area contributed by atoms with Gasteiger partial charge in [-0.25, -0.2) is 4.79 Å². The summed E-state index contributed by atoms with van der Waals surface area (Å²) in [5.41, 5.74) is 2.82. The Hall–Kier alpha value is -1.77. The van der Waals surface area contributed by atoms with Crippen LogP contribution in [0.1, 0.15) is 51.0 Å². The van der Waals surface area contributed by atoms with Gasteiger partial charge in [0.2, 0.25) is 0 Å². The normalized spacial score (nSPS) is 15.7. The minimum atomic E-state index is -0.221. The third-order valence-electron chi connectivity index (χ3n) is 4.68. The van der Waals surface area contributed by atoms with E-state index in [2.05, 4.69) is 30.9 Å². The van der Waals surface area contributed by atoms with Crippen molar-refractivity contribution >= 4 is 16.7 Å². The zero-order valence-corrected chi connectivity index (χ0v) is 12.9. The maximum absolute atomic E-state index is 11.9. The Morgan fingerprint density at radius 3 is 2.52 bits per heavy atom. The topological polar surface area (TPSA) is 33.5 Å². The average molecular weight is 285 g/mol. The fourth-order valence-electron chi connectivity index (χ4n) is 3.54. The second kappa shape index (κ2) is 5.92. The summed E-state index contributed by atoms with van der Waals surface area (Å²) in [5.74, 6) is 0.524. The molecule has 3 rings (SSSR count). The molecule has 1 aromatic carbocycles. The van der Waals surface area contributed by atoms with E-state index in [1.165, 1.54) is 31.2 Å². The molecule has 0 N–H and O–H groups in total. The third-order valence-corrected chi connectivity index (χ3v) is 4.68. The lowest BCUT2D eigenvalue weighted by molar-refractivity contribution is 0.555. The van der Waals surface area contributed by atoms with Crippen LogP contribution in [0, 0.1) is 0 Å². The van der Waals surface area contributed by atoms with Crippen LogP contribution in [-0.2, 0) is 0 Å². The smallest absolute Gasteiger partial charge is 0.336 e. The van der Waals surface area contributed by atoms with Gasteiger partial charge in [0, 0.05) is 36.3 Å². The van der Waals surface area contributed by atoms with E-state index in [1.807, 2.05) is 6.07 Å². The molecule has 3 nitrogen and oxygen atoms in total. The quantitative estimate of drug-likeness (QED) is 0.785. The van der Waals surface area contributed by atoms with Crippen LogP contribution in [-0.4, -0.2) is 13.1 Å². The Bertz CT molecular complexity index is 679. The first-order valence-corrected chi connectivity index (χ1v) is 8.05. The van der Waals surface area contributed by atoms with Crippen LogP contribution < -0.4 is 10.5 Å². The summed E-state index contributed by atoms with van der Waals surface area (Å²) in [6, 6.07) is 7.99. The molecule has 0 atom stereocenters. The van der Waals surface area contributed by atoms with Crippen LogP contribution in [0.2, 0.25) is 0 Å². The van der Waals surface area contributed by atoms with Crippen molar-refractivity contribution in [1.29, 1.82) is 0 Å². The molecule has 1 aliphatic rings. The number of nitrogens with zero attached hydrogens (tertiary/aromatic N) is 1. The fourth-order valence-corrected chi connectivity index (χ4v) is 3.54. The molecule has 1 saturated carbocycles. The Morgan fingerprint density at radius 2 is 1.86 bits per heavy atom. The second-order valence-corrected chi connectivity index (χ2v) is 5.85. The zero-order chi connectivity index (χ0) is 14.8. The van der Waals surface area contributed by atoms with Crippen molar-refractivity contribution in [3.8, 4) is 0 Å². The number of hydrogen-bond donors (Lipinski definition) is 0. The molecule has 1 aromatic heterocycles. The summed E-state index contributed by atoms with van der Waals surface area (Å²) in [4.78, 5) is 14.2. The summed E-state index contributed by atoms with van der Waals surface area (Å²) in [6.07, 6.45) is 4.92. The number of fused-ring (bicyclic) bond motifs is 1. The van der Waals surface area contributed by atoms with Gasteiger partial charge < -0.3 is 9.32 Å². The Balaban J connectivity index is 2.11. The standard InChI is InChI=1S/C18H23NO2/c1-3-19(4-2)14-9-10-15-16(13-7-5-6-8-13)12-18(20)21-17(15)11-14/h9-13H,3-8H2,1-2H3. The van der Waals surface area contributed by atoms with E-state index in [4.69, 9.17) is 4.42 Å².